The lowest BCUT2D eigenvalue weighted by Crippen LogP contribution is -2.54. The number of aromatic nitrogens is 2. The number of imidazole rings is 1. The molecule has 3 fully saturated rings. The Kier molecular flexibility index (Phi) is 8.84. The van der Waals surface area contributed by atoms with Crippen molar-refractivity contribution >= 4 is 12.0 Å². The first-order valence-electron chi connectivity index (χ1n) is 14.3. The van der Waals surface area contributed by atoms with Gasteiger partial charge in [-0.3, -0.25) is 4.79 Å². The normalized spacial score (nSPS) is 25.6. The number of carbonyl (C=O) groups is 2. The van der Waals surface area contributed by atoms with Crippen LogP contribution in [0.2, 0.25) is 0 Å². The number of piperazine rings is 1. The molecule has 212 valence electrons. The number of hydrogen-bond donors (Lipinski definition) is 2. The van der Waals surface area contributed by atoms with Crippen molar-refractivity contribution in [2.75, 3.05) is 53.0 Å². The minimum absolute atomic E-state index is 0.119. The van der Waals surface area contributed by atoms with Crippen LogP contribution in [0.3, 0.4) is 0 Å². The van der Waals surface area contributed by atoms with Crippen molar-refractivity contribution < 1.29 is 24.2 Å². The van der Waals surface area contributed by atoms with E-state index in [0.29, 0.717) is 38.2 Å². The fourth-order valence-corrected chi connectivity index (χ4v) is 6.35. The van der Waals surface area contributed by atoms with E-state index in [-0.39, 0.29) is 37.3 Å². The predicted molar refractivity (Wildman–Crippen MR) is 146 cm³/mol. The van der Waals surface area contributed by atoms with Crippen LogP contribution in [0.15, 0.2) is 36.7 Å². The van der Waals surface area contributed by atoms with Crippen molar-refractivity contribution in [3.63, 3.8) is 0 Å². The quantitative estimate of drug-likeness (QED) is 0.531. The molecular weight excluding hydrogens is 498 g/mol. The summed E-state index contributed by atoms with van der Waals surface area (Å²) < 4.78 is 13.0. The minimum atomic E-state index is -1.03. The van der Waals surface area contributed by atoms with Gasteiger partial charge in [-0.25, -0.2) is 9.78 Å². The SMILES string of the molecule is COC[C@]1(O)CCCC[C@H]1n1cnc(C(=O)N2CCNC[C@H]2CCOC(=O)N2CCCC2)c1-c1ccccc1. The van der Waals surface area contributed by atoms with Crippen LogP contribution in [0.1, 0.15) is 61.5 Å². The first-order chi connectivity index (χ1) is 19.0. The molecule has 39 heavy (non-hydrogen) atoms. The van der Waals surface area contributed by atoms with Crippen molar-refractivity contribution in [1.82, 2.24) is 24.7 Å². The first kappa shape index (κ1) is 27.6. The van der Waals surface area contributed by atoms with E-state index in [2.05, 4.69) is 10.3 Å². The molecule has 1 aromatic carbocycles. The monoisotopic (exact) mass is 539 g/mol. The second-order valence-corrected chi connectivity index (χ2v) is 11.0. The average Bonchev–Trinajstić information content (AvgIpc) is 3.65. The Hall–Kier alpha value is -2.95. The van der Waals surface area contributed by atoms with Crippen molar-refractivity contribution in [3.8, 4) is 11.3 Å². The van der Waals surface area contributed by atoms with E-state index >= 15 is 0 Å². The summed E-state index contributed by atoms with van der Waals surface area (Å²) in [6.45, 7) is 3.85. The first-order valence-corrected chi connectivity index (χ1v) is 14.3. The summed E-state index contributed by atoms with van der Waals surface area (Å²) in [5.41, 5.74) is 0.955. The summed E-state index contributed by atoms with van der Waals surface area (Å²) in [7, 11) is 1.61. The number of rotatable bonds is 8. The molecule has 1 aromatic heterocycles. The molecular formula is C29H41N5O5. The molecule has 2 aromatic rings. The molecule has 10 nitrogen and oxygen atoms in total. The van der Waals surface area contributed by atoms with Crippen molar-refractivity contribution in [1.29, 1.82) is 0 Å². The number of nitrogens with one attached hydrogen (secondary N) is 1. The average molecular weight is 540 g/mol. The number of benzene rings is 1. The molecule has 3 heterocycles. The summed E-state index contributed by atoms with van der Waals surface area (Å²) in [6, 6.07) is 9.44. The van der Waals surface area contributed by atoms with Crippen LogP contribution in [-0.2, 0) is 9.47 Å². The van der Waals surface area contributed by atoms with Gasteiger partial charge in [0, 0.05) is 57.9 Å². The van der Waals surface area contributed by atoms with Gasteiger partial charge in [0.05, 0.1) is 31.3 Å². The van der Waals surface area contributed by atoms with E-state index in [1.165, 1.54) is 0 Å². The molecule has 3 aliphatic rings. The van der Waals surface area contributed by atoms with E-state index in [1.54, 1.807) is 18.3 Å². The van der Waals surface area contributed by atoms with Crippen LogP contribution in [0, 0.1) is 0 Å². The van der Waals surface area contributed by atoms with Crippen LogP contribution in [-0.4, -0.2) is 101 Å². The van der Waals surface area contributed by atoms with Gasteiger partial charge in [0.15, 0.2) is 5.69 Å². The third kappa shape index (κ3) is 5.97. The molecule has 2 amide bonds. The van der Waals surface area contributed by atoms with Crippen molar-refractivity contribution in [2.24, 2.45) is 0 Å². The molecule has 10 heteroatoms. The molecule has 1 aliphatic carbocycles. The third-order valence-electron chi connectivity index (χ3n) is 8.38. The highest BCUT2D eigenvalue weighted by atomic mass is 16.6. The van der Waals surface area contributed by atoms with Gasteiger partial charge in [-0.15, -0.1) is 0 Å². The minimum Gasteiger partial charge on any atom is -0.449 e. The molecule has 0 unspecified atom stereocenters. The number of nitrogens with zero attached hydrogens (tertiary/aromatic N) is 4. The van der Waals surface area contributed by atoms with E-state index in [0.717, 1.165) is 56.5 Å². The molecule has 2 saturated heterocycles. The lowest BCUT2D eigenvalue weighted by Gasteiger charge is -2.41. The molecule has 0 radical (unpaired) electrons. The Balaban J connectivity index is 1.39. The second-order valence-electron chi connectivity index (χ2n) is 11.0. The summed E-state index contributed by atoms with van der Waals surface area (Å²) in [4.78, 5) is 34.7. The number of methoxy groups -OCH3 is 1. The van der Waals surface area contributed by atoms with Crippen molar-refractivity contribution in [2.45, 2.75) is 62.6 Å². The van der Waals surface area contributed by atoms with Gasteiger partial charge in [0.25, 0.3) is 5.91 Å². The highest BCUT2D eigenvalue weighted by Crippen LogP contribution is 2.41. The van der Waals surface area contributed by atoms with Crippen LogP contribution in [0.5, 0.6) is 0 Å². The molecule has 0 spiro atoms. The van der Waals surface area contributed by atoms with E-state index in [4.69, 9.17) is 9.47 Å². The standard InChI is InChI=1S/C29H41N5O5/c1-38-20-29(37)13-6-5-11-24(29)34-21-31-25(26(34)22-9-3-2-4-10-22)27(35)33-17-14-30-19-23(33)12-18-39-28(36)32-15-7-8-16-32/h2-4,9-10,21,23-24,30,37H,5-8,11-20H2,1H3/t23-,24-,29-/m1/s1. The van der Waals surface area contributed by atoms with Crippen LogP contribution >= 0.6 is 0 Å². The fraction of sp³-hybridized carbons (Fsp3) is 0.621. The zero-order chi connectivity index (χ0) is 27.2. The van der Waals surface area contributed by atoms with E-state index in [1.807, 2.05) is 39.8 Å². The smallest absolute Gasteiger partial charge is 0.409 e. The van der Waals surface area contributed by atoms with Gasteiger partial charge >= 0.3 is 6.09 Å². The zero-order valence-electron chi connectivity index (χ0n) is 22.9. The van der Waals surface area contributed by atoms with E-state index < -0.39 is 5.60 Å². The summed E-state index contributed by atoms with van der Waals surface area (Å²) >= 11 is 0. The largest absolute Gasteiger partial charge is 0.449 e. The van der Waals surface area contributed by atoms with Gasteiger partial charge in [0.1, 0.15) is 5.60 Å². The van der Waals surface area contributed by atoms with Crippen LogP contribution in [0.4, 0.5) is 4.79 Å². The van der Waals surface area contributed by atoms with E-state index in [9.17, 15) is 14.7 Å². The maximum atomic E-state index is 14.1. The highest BCUT2D eigenvalue weighted by Gasteiger charge is 2.42. The Morgan fingerprint density at radius 2 is 1.92 bits per heavy atom. The summed E-state index contributed by atoms with van der Waals surface area (Å²) in [5.74, 6) is -0.143. The number of aliphatic hydroxyl groups is 1. The molecule has 2 N–H and O–H groups in total. The lowest BCUT2D eigenvalue weighted by atomic mass is 9.80. The molecule has 1 saturated carbocycles. The number of amides is 2. The number of likely N-dealkylation sites (tertiary alicyclic amines) is 1. The molecule has 3 atom stereocenters. The number of hydrogen-bond acceptors (Lipinski definition) is 7. The molecule has 2 aliphatic heterocycles. The third-order valence-corrected chi connectivity index (χ3v) is 8.38. The van der Waals surface area contributed by atoms with Crippen LogP contribution in [0.25, 0.3) is 11.3 Å². The van der Waals surface area contributed by atoms with Gasteiger partial charge in [-0.05, 0) is 25.7 Å². The Morgan fingerprint density at radius 1 is 1.13 bits per heavy atom. The highest BCUT2D eigenvalue weighted by molar-refractivity contribution is 5.98. The Labute approximate surface area is 230 Å². The van der Waals surface area contributed by atoms with Gasteiger partial charge in [-0.2, -0.15) is 0 Å². The van der Waals surface area contributed by atoms with Gasteiger partial charge < -0.3 is 34.3 Å². The number of ether oxygens (including phenoxy) is 2. The molecule has 5 rings (SSSR count). The zero-order valence-corrected chi connectivity index (χ0v) is 22.9. The second kappa shape index (κ2) is 12.5. The lowest BCUT2D eigenvalue weighted by molar-refractivity contribution is -0.0893. The Bertz CT molecular complexity index is 1110. The maximum absolute atomic E-state index is 14.1. The summed E-state index contributed by atoms with van der Waals surface area (Å²) in [6.07, 6.45) is 7.37. The van der Waals surface area contributed by atoms with Gasteiger partial charge in [0.2, 0.25) is 0 Å². The van der Waals surface area contributed by atoms with Crippen LogP contribution < -0.4 is 5.32 Å². The summed E-state index contributed by atoms with van der Waals surface area (Å²) in [5, 5.41) is 15.0. The maximum Gasteiger partial charge on any atom is 0.409 e. The number of carbonyl (C=O) groups excluding carboxylic acids is 2. The fourth-order valence-electron chi connectivity index (χ4n) is 6.35. The van der Waals surface area contributed by atoms with Crippen molar-refractivity contribution in [3.05, 3.63) is 42.4 Å². The van der Waals surface area contributed by atoms with Gasteiger partial charge in [-0.1, -0.05) is 43.2 Å². The predicted octanol–water partition coefficient (Wildman–Crippen LogP) is 3.08. The molecule has 0 bridgehead atoms. The Morgan fingerprint density at radius 3 is 2.69 bits per heavy atom. The topological polar surface area (TPSA) is 109 Å².